The van der Waals surface area contributed by atoms with Gasteiger partial charge in [-0.2, -0.15) is 0 Å². The molecule has 0 unspecified atom stereocenters. The summed E-state index contributed by atoms with van der Waals surface area (Å²) < 4.78 is 2.08. The maximum absolute atomic E-state index is 12.7. The molecule has 6 nitrogen and oxygen atoms in total. The first kappa shape index (κ1) is 17.8. The molecule has 0 saturated carbocycles. The third kappa shape index (κ3) is 4.33. The molecule has 1 N–H and O–H groups in total. The molecule has 2 aromatic heterocycles. The normalized spacial score (nSPS) is 12.0. The minimum absolute atomic E-state index is 0.110. The Kier molecular flexibility index (Phi) is 5.41. The molecule has 3 rings (SSSR count). The lowest BCUT2D eigenvalue weighted by molar-refractivity contribution is 0.0928. The molecule has 1 atom stereocenters. The van der Waals surface area contributed by atoms with Crippen LogP contribution in [0.15, 0.2) is 48.8 Å². The molecule has 1 aromatic carbocycles. The quantitative estimate of drug-likeness (QED) is 0.742. The summed E-state index contributed by atoms with van der Waals surface area (Å²) in [6.07, 6.45) is 4.50. The lowest BCUT2D eigenvalue weighted by Gasteiger charge is -2.20. The molecule has 0 saturated heterocycles. The monoisotopic (exact) mass is 349 g/mol. The molecule has 0 aliphatic rings. The summed E-state index contributed by atoms with van der Waals surface area (Å²) in [5, 5.41) is 3.12. The van der Waals surface area contributed by atoms with Crippen LogP contribution in [-0.4, -0.2) is 25.4 Å². The predicted molar refractivity (Wildman–Crippen MR) is 99.7 cm³/mol. The van der Waals surface area contributed by atoms with Crippen molar-refractivity contribution in [3.8, 4) is 0 Å². The number of nitrogens with one attached hydrogen (secondary N) is 1. The average molecular weight is 349 g/mol. The van der Waals surface area contributed by atoms with Crippen molar-refractivity contribution in [1.29, 1.82) is 0 Å². The molecule has 0 fully saturated rings. The maximum Gasteiger partial charge on any atom is 0.270 e. The van der Waals surface area contributed by atoms with E-state index in [0.717, 1.165) is 30.0 Å². The van der Waals surface area contributed by atoms with Gasteiger partial charge in [-0.05, 0) is 38.8 Å². The van der Waals surface area contributed by atoms with Gasteiger partial charge in [0.2, 0.25) is 0 Å². The van der Waals surface area contributed by atoms with Gasteiger partial charge in [-0.15, -0.1) is 0 Å². The molecule has 3 aromatic rings. The Morgan fingerprint density at radius 1 is 1.15 bits per heavy atom. The number of aromatic nitrogens is 4. The van der Waals surface area contributed by atoms with Crippen molar-refractivity contribution in [2.24, 2.45) is 0 Å². The number of aryl methyl sites for hydroxylation is 4. The van der Waals surface area contributed by atoms with Crippen LogP contribution in [0.2, 0.25) is 0 Å². The van der Waals surface area contributed by atoms with E-state index in [0.29, 0.717) is 11.5 Å². The topological polar surface area (TPSA) is 72.7 Å². The second kappa shape index (κ2) is 7.91. The summed E-state index contributed by atoms with van der Waals surface area (Å²) in [4.78, 5) is 25.5. The van der Waals surface area contributed by atoms with E-state index in [1.54, 1.807) is 19.2 Å². The number of carbonyl (C=O) groups excluding carboxylic acids is 1. The number of rotatable bonds is 6. The van der Waals surface area contributed by atoms with Gasteiger partial charge in [0, 0.05) is 24.6 Å². The third-order valence-electron chi connectivity index (χ3n) is 4.29. The summed E-state index contributed by atoms with van der Waals surface area (Å²) in [7, 11) is 0. The molecule has 0 spiro atoms. The molecule has 0 aliphatic carbocycles. The number of hydrogen-bond acceptors (Lipinski definition) is 4. The Bertz CT molecular complexity index is 868. The highest BCUT2D eigenvalue weighted by atomic mass is 16.1. The van der Waals surface area contributed by atoms with Crippen LogP contribution in [0.1, 0.15) is 45.9 Å². The van der Waals surface area contributed by atoms with Crippen molar-refractivity contribution < 1.29 is 4.79 Å². The van der Waals surface area contributed by atoms with Crippen LogP contribution in [0.3, 0.4) is 0 Å². The number of nitrogens with zero attached hydrogens (tertiary/aromatic N) is 4. The number of carbonyl (C=O) groups is 1. The van der Waals surface area contributed by atoms with Crippen LogP contribution < -0.4 is 5.32 Å². The molecule has 134 valence electrons. The van der Waals surface area contributed by atoms with E-state index < -0.39 is 0 Å². The molecular weight excluding hydrogens is 326 g/mol. The summed E-state index contributed by atoms with van der Waals surface area (Å²) in [5.41, 5.74) is 2.25. The van der Waals surface area contributed by atoms with Crippen LogP contribution >= 0.6 is 0 Å². The lowest BCUT2D eigenvalue weighted by Crippen LogP contribution is -2.30. The first-order chi connectivity index (χ1) is 12.5. The zero-order chi connectivity index (χ0) is 18.5. The number of imidazole rings is 1. The third-order valence-corrected chi connectivity index (χ3v) is 4.29. The minimum Gasteiger partial charge on any atom is -0.344 e. The van der Waals surface area contributed by atoms with E-state index in [1.807, 2.05) is 50.4 Å². The number of amides is 1. The fourth-order valence-electron chi connectivity index (χ4n) is 2.98. The van der Waals surface area contributed by atoms with Gasteiger partial charge in [0.15, 0.2) is 0 Å². The van der Waals surface area contributed by atoms with Gasteiger partial charge in [0.1, 0.15) is 17.3 Å². The predicted octanol–water partition coefficient (Wildman–Crippen LogP) is 3.16. The van der Waals surface area contributed by atoms with Gasteiger partial charge in [0.25, 0.3) is 5.91 Å². The second-order valence-corrected chi connectivity index (χ2v) is 6.34. The minimum atomic E-state index is -0.185. The Morgan fingerprint density at radius 2 is 1.92 bits per heavy atom. The van der Waals surface area contributed by atoms with Gasteiger partial charge in [-0.3, -0.25) is 4.79 Å². The van der Waals surface area contributed by atoms with E-state index >= 15 is 0 Å². The molecule has 1 amide bonds. The largest absolute Gasteiger partial charge is 0.344 e. The van der Waals surface area contributed by atoms with E-state index in [9.17, 15) is 4.79 Å². The van der Waals surface area contributed by atoms with Crippen LogP contribution in [-0.2, 0) is 6.54 Å². The Labute approximate surface area is 153 Å². The zero-order valence-electron chi connectivity index (χ0n) is 15.3. The summed E-state index contributed by atoms with van der Waals surface area (Å²) >= 11 is 0. The highest BCUT2D eigenvalue weighted by Gasteiger charge is 2.17. The van der Waals surface area contributed by atoms with Crippen LogP contribution in [0.4, 0.5) is 0 Å². The zero-order valence-corrected chi connectivity index (χ0v) is 15.3. The van der Waals surface area contributed by atoms with Crippen molar-refractivity contribution in [3.05, 3.63) is 77.4 Å². The van der Waals surface area contributed by atoms with E-state index in [2.05, 4.69) is 24.8 Å². The number of benzene rings is 1. The Hall–Kier alpha value is -3.02. The van der Waals surface area contributed by atoms with Crippen LogP contribution in [0.25, 0.3) is 0 Å². The molecule has 0 bridgehead atoms. The van der Waals surface area contributed by atoms with Crippen molar-refractivity contribution in [1.82, 2.24) is 24.8 Å². The lowest BCUT2D eigenvalue weighted by atomic mass is 10.0. The molecule has 26 heavy (non-hydrogen) atoms. The average Bonchev–Trinajstić information content (AvgIpc) is 3.03. The number of hydrogen-bond donors (Lipinski definition) is 1. The van der Waals surface area contributed by atoms with Gasteiger partial charge in [-0.25, -0.2) is 15.0 Å². The molecule has 2 heterocycles. The molecule has 0 aliphatic heterocycles. The first-order valence-corrected chi connectivity index (χ1v) is 8.69. The molecule has 6 heteroatoms. The van der Waals surface area contributed by atoms with Gasteiger partial charge in [-0.1, -0.05) is 30.3 Å². The van der Waals surface area contributed by atoms with Gasteiger partial charge >= 0.3 is 0 Å². The van der Waals surface area contributed by atoms with Crippen molar-refractivity contribution in [2.45, 2.75) is 39.8 Å². The first-order valence-electron chi connectivity index (χ1n) is 8.69. The highest BCUT2D eigenvalue weighted by molar-refractivity contribution is 5.92. The van der Waals surface area contributed by atoms with Gasteiger partial charge < -0.3 is 9.88 Å². The van der Waals surface area contributed by atoms with Gasteiger partial charge in [0.05, 0.1) is 6.04 Å². The van der Waals surface area contributed by atoms with E-state index in [1.165, 1.54) is 0 Å². The fraction of sp³-hybridized carbons (Fsp3) is 0.300. The molecule has 0 radical (unpaired) electrons. The second-order valence-electron chi connectivity index (χ2n) is 6.34. The highest BCUT2D eigenvalue weighted by Crippen LogP contribution is 2.18. The SMILES string of the molecule is Cc1cc(C(=O)N[C@H](CCn2ccnc2C)c2ccccc2)nc(C)n1. The van der Waals surface area contributed by atoms with Crippen LogP contribution in [0.5, 0.6) is 0 Å². The van der Waals surface area contributed by atoms with E-state index in [-0.39, 0.29) is 11.9 Å². The maximum atomic E-state index is 12.7. The Balaban J connectivity index is 1.79. The smallest absolute Gasteiger partial charge is 0.270 e. The molecular formula is C20H23N5O. The summed E-state index contributed by atoms with van der Waals surface area (Å²) in [6.45, 7) is 6.40. The van der Waals surface area contributed by atoms with Crippen molar-refractivity contribution >= 4 is 5.91 Å². The van der Waals surface area contributed by atoms with Crippen molar-refractivity contribution in [3.63, 3.8) is 0 Å². The summed E-state index contributed by atoms with van der Waals surface area (Å²) in [6, 6.07) is 11.6. The summed E-state index contributed by atoms with van der Waals surface area (Å²) in [5.74, 6) is 1.38. The van der Waals surface area contributed by atoms with Crippen molar-refractivity contribution in [2.75, 3.05) is 0 Å². The standard InChI is InChI=1S/C20H23N5O/c1-14-13-19(23-15(2)22-14)20(26)24-18(17-7-5-4-6-8-17)9-11-25-12-10-21-16(25)3/h4-8,10,12-13,18H,9,11H2,1-3H3,(H,24,26)/t18-/m1/s1. The Morgan fingerprint density at radius 3 is 2.58 bits per heavy atom. The van der Waals surface area contributed by atoms with Crippen LogP contribution in [0, 0.1) is 20.8 Å². The fourth-order valence-corrected chi connectivity index (χ4v) is 2.98. The van der Waals surface area contributed by atoms with E-state index in [4.69, 9.17) is 0 Å².